The van der Waals surface area contributed by atoms with Gasteiger partial charge in [-0.2, -0.15) is 0 Å². The first kappa shape index (κ1) is 24.5. The van der Waals surface area contributed by atoms with Crippen molar-refractivity contribution in [2.24, 2.45) is 0 Å². The minimum absolute atomic E-state index is 0.178. The van der Waals surface area contributed by atoms with Crippen molar-refractivity contribution in [3.8, 4) is 0 Å². The molecule has 0 unspecified atom stereocenters. The van der Waals surface area contributed by atoms with Gasteiger partial charge in [0.05, 0.1) is 11.2 Å². The molecule has 1 aromatic carbocycles. The van der Waals surface area contributed by atoms with Crippen LogP contribution in [0.1, 0.15) is 76.7 Å². The first-order chi connectivity index (χ1) is 11.9. The van der Waals surface area contributed by atoms with E-state index < -0.39 is 10.1 Å². The Morgan fingerprint density at radius 2 is 1.28 bits per heavy atom. The lowest BCUT2D eigenvalue weighted by molar-refractivity contribution is 0.463. The Bertz CT molecular complexity index is 498. The van der Waals surface area contributed by atoms with Crippen LogP contribution in [0, 0.1) is 6.92 Å². The van der Waals surface area contributed by atoms with Crippen LogP contribution in [0.25, 0.3) is 0 Å². The summed E-state index contributed by atoms with van der Waals surface area (Å²) in [7, 11) is -4.27. The summed E-state index contributed by atoms with van der Waals surface area (Å²) in [5.74, 6) is 1.41. The van der Waals surface area contributed by atoms with Crippen molar-refractivity contribution in [1.29, 1.82) is 0 Å². The second kappa shape index (κ2) is 15.7. The van der Waals surface area contributed by atoms with Crippen LogP contribution in [0.3, 0.4) is 0 Å². The Morgan fingerprint density at radius 1 is 0.840 bits per heavy atom. The van der Waals surface area contributed by atoms with E-state index in [1.165, 1.54) is 82.1 Å². The average molecular weight is 389 g/mol. The molecule has 0 saturated carbocycles. The van der Waals surface area contributed by atoms with Gasteiger partial charge in [-0.25, -0.2) is 8.42 Å². The lowest BCUT2D eigenvalue weighted by atomic mass is 10.1. The van der Waals surface area contributed by atoms with Crippen LogP contribution in [0.2, 0.25) is 0 Å². The maximum Gasteiger partial charge on any atom is 0.124 e. The number of hydrogen-bond donors (Lipinski definition) is 0. The Labute approximate surface area is 159 Å². The van der Waals surface area contributed by atoms with Crippen LogP contribution in [0.4, 0.5) is 0 Å². The van der Waals surface area contributed by atoms with Gasteiger partial charge >= 0.3 is 0 Å². The Morgan fingerprint density at radius 3 is 1.68 bits per heavy atom. The molecule has 0 spiro atoms. The molecule has 1 rings (SSSR count). The predicted molar refractivity (Wildman–Crippen MR) is 111 cm³/mol. The quantitative estimate of drug-likeness (QED) is 0.213. The van der Waals surface area contributed by atoms with E-state index in [1.54, 1.807) is 23.9 Å². The molecule has 0 radical (unpaired) electrons. The molecule has 3 nitrogen and oxygen atoms in total. The molecule has 0 aliphatic heterocycles. The van der Waals surface area contributed by atoms with Crippen LogP contribution >= 0.6 is 0 Å². The summed E-state index contributed by atoms with van der Waals surface area (Å²) in [6.45, 7) is 4.11. The van der Waals surface area contributed by atoms with Crippen molar-refractivity contribution < 1.29 is 13.0 Å². The fourth-order valence-electron chi connectivity index (χ4n) is 2.46. The van der Waals surface area contributed by atoms with Gasteiger partial charge in [0, 0.05) is 0 Å². The topological polar surface area (TPSA) is 57.2 Å². The van der Waals surface area contributed by atoms with Crippen LogP contribution in [-0.2, 0) is 21.9 Å². The SMILES string of the molecule is CCCCCCCCCCCC[SH+]C.Cc1ccc(S(=O)(=O)[O-])cc1. The second-order valence-corrected chi connectivity index (χ2v) is 8.95. The number of rotatable bonds is 12. The summed E-state index contributed by atoms with van der Waals surface area (Å²) in [6.07, 6.45) is 16.8. The first-order valence-corrected chi connectivity index (χ1v) is 12.4. The zero-order valence-corrected chi connectivity index (χ0v) is 17.9. The van der Waals surface area contributed by atoms with Crippen LogP contribution in [0.15, 0.2) is 29.2 Å². The molecule has 0 heterocycles. The van der Waals surface area contributed by atoms with Gasteiger partial charge in [-0.15, -0.1) is 0 Å². The number of aryl methyl sites for hydroxylation is 1. The van der Waals surface area contributed by atoms with E-state index in [2.05, 4.69) is 13.2 Å². The van der Waals surface area contributed by atoms with E-state index in [0.717, 1.165) is 5.56 Å². The van der Waals surface area contributed by atoms with Crippen molar-refractivity contribution in [2.75, 3.05) is 12.0 Å². The molecule has 0 aliphatic rings. The van der Waals surface area contributed by atoms with Gasteiger partial charge in [-0.3, -0.25) is 0 Å². The zero-order chi connectivity index (χ0) is 19.0. The summed E-state index contributed by atoms with van der Waals surface area (Å²) in [5.41, 5.74) is 0.928. The predicted octanol–water partition coefficient (Wildman–Crippen LogP) is 5.25. The molecular weight excluding hydrogens is 352 g/mol. The monoisotopic (exact) mass is 388 g/mol. The normalized spacial score (nSPS) is 11.0. The van der Waals surface area contributed by atoms with Gasteiger partial charge in [0.2, 0.25) is 0 Å². The molecule has 25 heavy (non-hydrogen) atoms. The van der Waals surface area contributed by atoms with Crippen molar-refractivity contribution in [3.63, 3.8) is 0 Å². The molecule has 1 aromatic rings. The minimum Gasteiger partial charge on any atom is -0.744 e. The highest BCUT2D eigenvalue weighted by atomic mass is 32.2. The van der Waals surface area contributed by atoms with Crippen molar-refractivity contribution in [1.82, 2.24) is 0 Å². The Hall–Kier alpha value is -0.520. The lowest BCUT2D eigenvalue weighted by Gasteiger charge is -2.05. The molecule has 0 atom stereocenters. The maximum absolute atomic E-state index is 10.4. The maximum atomic E-state index is 10.4. The molecule has 0 saturated heterocycles. The average Bonchev–Trinajstić information content (AvgIpc) is 2.57. The molecule has 0 aliphatic carbocycles. The summed E-state index contributed by atoms with van der Waals surface area (Å²) in [5, 5.41) is 0. The summed E-state index contributed by atoms with van der Waals surface area (Å²) in [6, 6.07) is 5.78. The Balaban J connectivity index is 0.000000472. The van der Waals surface area contributed by atoms with Crippen LogP contribution < -0.4 is 0 Å². The molecular formula is C20H36O3S2. The fraction of sp³-hybridized carbons (Fsp3) is 0.700. The highest BCUT2D eigenvalue weighted by Crippen LogP contribution is 2.10. The van der Waals surface area contributed by atoms with E-state index in [9.17, 15) is 13.0 Å². The van der Waals surface area contributed by atoms with E-state index in [0.29, 0.717) is 0 Å². The summed E-state index contributed by atoms with van der Waals surface area (Å²) < 4.78 is 31.2. The highest BCUT2D eigenvalue weighted by Gasteiger charge is 1.97. The van der Waals surface area contributed by atoms with Gasteiger partial charge < -0.3 is 4.55 Å². The molecule has 5 heteroatoms. The van der Waals surface area contributed by atoms with Crippen LogP contribution in [0.5, 0.6) is 0 Å². The van der Waals surface area contributed by atoms with Crippen LogP contribution in [-0.4, -0.2) is 25.0 Å². The molecule has 0 aromatic heterocycles. The van der Waals surface area contributed by atoms with Crippen molar-refractivity contribution >= 4 is 21.9 Å². The summed E-state index contributed by atoms with van der Waals surface area (Å²) >= 11 is 1.57. The molecule has 146 valence electrons. The molecule has 0 bridgehead atoms. The second-order valence-electron chi connectivity index (χ2n) is 6.49. The van der Waals surface area contributed by atoms with E-state index in [-0.39, 0.29) is 4.90 Å². The smallest absolute Gasteiger partial charge is 0.124 e. The van der Waals surface area contributed by atoms with Gasteiger partial charge in [-0.05, 0) is 43.7 Å². The van der Waals surface area contributed by atoms with Gasteiger partial charge in [-0.1, -0.05) is 76.0 Å². The Kier molecular flexibility index (Phi) is 15.4. The van der Waals surface area contributed by atoms with E-state index in [1.807, 2.05) is 6.92 Å². The summed E-state index contributed by atoms with van der Waals surface area (Å²) in [4.78, 5) is -0.178. The first-order valence-electron chi connectivity index (χ1n) is 9.50. The lowest BCUT2D eigenvalue weighted by Crippen LogP contribution is -1.97. The molecule has 0 amide bonds. The highest BCUT2D eigenvalue weighted by molar-refractivity contribution is 7.85. The number of unbranched alkanes of at least 4 members (excludes halogenated alkanes) is 9. The molecule has 0 fully saturated rings. The molecule has 0 N–H and O–H groups in total. The van der Waals surface area contributed by atoms with E-state index >= 15 is 0 Å². The van der Waals surface area contributed by atoms with E-state index in [4.69, 9.17) is 0 Å². The third-order valence-electron chi connectivity index (χ3n) is 4.04. The van der Waals surface area contributed by atoms with Crippen molar-refractivity contribution in [3.05, 3.63) is 29.8 Å². The van der Waals surface area contributed by atoms with Gasteiger partial charge in [0.25, 0.3) is 0 Å². The third-order valence-corrected chi connectivity index (χ3v) is 5.66. The third kappa shape index (κ3) is 15.5. The number of benzene rings is 1. The minimum atomic E-state index is -4.27. The van der Waals surface area contributed by atoms with Crippen molar-refractivity contribution in [2.45, 2.75) is 83.0 Å². The fourth-order valence-corrected chi connectivity index (χ4v) is 3.47. The number of thiol groups is 1. The van der Waals surface area contributed by atoms with Gasteiger partial charge in [0.1, 0.15) is 15.9 Å². The zero-order valence-electron chi connectivity index (χ0n) is 16.2. The standard InChI is InChI=1S/C13H28S.C7H8O3S/c1-3-4-5-6-7-8-9-10-11-12-13-14-2;1-6-2-4-7(5-3-6)11(8,9)10/h3-13H2,1-2H3;2-5H,1H3,(H,8,9,10). The largest absolute Gasteiger partial charge is 0.744 e. The number of hydrogen-bond acceptors (Lipinski definition) is 3. The van der Waals surface area contributed by atoms with Gasteiger partial charge in [0.15, 0.2) is 0 Å².